The molecular weight excluding hydrogens is 437 g/mol. The fourth-order valence-corrected chi connectivity index (χ4v) is 4.70. The van der Waals surface area contributed by atoms with Crippen LogP contribution in [0.2, 0.25) is 0 Å². The van der Waals surface area contributed by atoms with Crippen molar-refractivity contribution in [1.82, 2.24) is 14.5 Å². The third kappa shape index (κ3) is 3.85. The van der Waals surface area contributed by atoms with Gasteiger partial charge in [0.1, 0.15) is 23.4 Å². The summed E-state index contributed by atoms with van der Waals surface area (Å²) < 4.78 is 22.5. The van der Waals surface area contributed by atoms with Gasteiger partial charge in [-0.2, -0.15) is 0 Å². The van der Waals surface area contributed by atoms with Gasteiger partial charge in [0.05, 0.1) is 17.9 Å². The van der Waals surface area contributed by atoms with Crippen molar-refractivity contribution in [3.8, 4) is 5.75 Å². The number of aryl methyl sites for hydroxylation is 1. The van der Waals surface area contributed by atoms with Crippen LogP contribution in [0.25, 0.3) is 5.76 Å². The lowest BCUT2D eigenvalue weighted by Gasteiger charge is -2.25. The standard InChI is InChI=1S/C26H24FN3O4/c1-16-13-18-14-17(7-8-21(18)34-16)24(31)22-23(19-5-2-3-6-20(19)27)30(26(33)25(22)32)11-4-10-29-12-9-28-15-29/h2-3,5-9,12,14-16,23,31H,4,10-11,13H2,1H3. The summed E-state index contributed by atoms with van der Waals surface area (Å²) in [6.07, 6.45) is 6.36. The molecule has 0 spiro atoms. The van der Waals surface area contributed by atoms with Gasteiger partial charge < -0.3 is 19.3 Å². The summed E-state index contributed by atoms with van der Waals surface area (Å²) >= 11 is 0. The topological polar surface area (TPSA) is 84.7 Å². The zero-order valence-corrected chi connectivity index (χ0v) is 18.6. The molecule has 0 aliphatic carbocycles. The van der Waals surface area contributed by atoms with E-state index in [-0.39, 0.29) is 29.5 Å². The molecule has 3 aromatic rings. The number of carbonyl (C=O) groups is 2. The highest BCUT2D eigenvalue weighted by molar-refractivity contribution is 6.46. The lowest BCUT2D eigenvalue weighted by atomic mass is 9.94. The molecule has 0 bridgehead atoms. The lowest BCUT2D eigenvalue weighted by Crippen LogP contribution is -2.31. The SMILES string of the molecule is CC1Cc2cc(C(O)=C3C(=O)C(=O)N(CCCn4ccnc4)C3c3ccccc3F)ccc2O1. The van der Waals surface area contributed by atoms with Gasteiger partial charge in [0.2, 0.25) is 0 Å². The first-order valence-corrected chi connectivity index (χ1v) is 11.2. The van der Waals surface area contributed by atoms with E-state index in [1.807, 2.05) is 11.5 Å². The average Bonchev–Trinajstić information content (AvgIpc) is 3.53. The number of aliphatic hydroxyl groups is 1. The predicted molar refractivity (Wildman–Crippen MR) is 122 cm³/mol. The number of hydrogen-bond donors (Lipinski definition) is 1. The number of fused-ring (bicyclic) bond motifs is 1. The van der Waals surface area contributed by atoms with E-state index in [1.165, 1.54) is 11.0 Å². The first-order chi connectivity index (χ1) is 16.4. The third-order valence-electron chi connectivity index (χ3n) is 6.28. The van der Waals surface area contributed by atoms with E-state index in [4.69, 9.17) is 4.74 Å². The van der Waals surface area contributed by atoms with Crippen molar-refractivity contribution >= 4 is 17.4 Å². The molecule has 1 aromatic heterocycles. The van der Waals surface area contributed by atoms with Gasteiger partial charge in [-0.3, -0.25) is 9.59 Å². The molecule has 34 heavy (non-hydrogen) atoms. The maximum atomic E-state index is 14.9. The van der Waals surface area contributed by atoms with Crippen LogP contribution in [-0.2, 0) is 22.6 Å². The number of benzene rings is 2. The number of Topliss-reactive ketones (excluding diaryl/α,β-unsaturated/α-hetero) is 1. The molecule has 1 fully saturated rings. The fraction of sp³-hybridized carbons (Fsp3) is 0.269. The normalized spacial score (nSPS) is 21.1. The van der Waals surface area contributed by atoms with Crippen LogP contribution in [-0.4, -0.2) is 43.9 Å². The molecule has 1 saturated heterocycles. The van der Waals surface area contributed by atoms with Gasteiger partial charge >= 0.3 is 0 Å². The Hall–Kier alpha value is -3.94. The number of nitrogens with zero attached hydrogens (tertiary/aromatic N) is 3. The van der Waals surface area contributed by atoms with Crippen molar-refractivity contribution in [2.45, 2.75) is 38.5 Å². The third-order valence-corrected chi connectivity index (χ3v) is 6.28. The molecule has 1 N–H and O–H groups in total. The molecular formula is C26H24FN3O4. The number of aromatic nitrogens is 2. The Labute approximate surface area is 196 Å². The molecule has 174 valence electrons. The minimum Gasteiger partial charge on any atom is -0.507 e. The summed E-state index contributed by atoms with van der Waals surface area (Å²) in [6.45, 7) is 2.75. The molecule has 2 aliphatic heterocycles. The van der Waals surface area contributed by atoms with Crippen molar-refractivity contribution in [2.24, 2.45) is 0 Å². The van der Waals surface area contributed by atoms with E-state index in [0.29, 0.717) is 24.9 Å². The molecule has 7 nitrogen and oxygen atoms in total. The van der Waals surface area contributed by atoms with Crippen LogP contribution in [0.4, 0.5) is 4.39 Å². The van der Waals surface area contributed by atoms with E-state index in [9.17, 15) is 19.1 Å². The van der Waals surface area contributed by atoms with Gasteiger partial charge in [-0.05, 0) is 43.2 Å². The molecule has 0 saturated carbocycles. The monoisotopic (exact) mass is 461 g/mol. The first-order valence-electron chi connectivity index (χ1n) is 11.2. The van der Waals surface area contributed by atoms with Gasteiger partial charge in [-0.1, -0.05) is 18.2 Å². The Bertz CT molecular complexity index is 1280. The average molecular weight is 461 g/mol. The van der Waals surface area contributed by atoms with Gasteiger partial charge in [0, 0.05) is 43.0 Å². The van der Waals surface area contributed by atoms with Crippen LogP contribution >= 0.6 is 0 Å². The molecule has 8 heteroatoms. The number of ether oxygens (including phenoxy) is 1. The molecule has 5 rings (SSSR count). The van der Waals surface area contributed by atoms with Crippen LogP contribution in [0, 0.1) is 5.82 Å². The Morgan fingerprint density at radius 3 is 2.79 bits per heavy atom. The molecule has 2 unspecified atom stereocenters. The zero-order valence-electron chi connectivity index (χ0n) is 18.6. The molecule has 2 aliphatic rings. The van der Waals surface area contributed by atoms with Crippen LogP contribution in [0.5, 0.6) is 5.75 Å². The molecule has 2 atom stereocenters. The number of likely N-dealkylation sites (tertiary alicyclic amines) is 1. The van der Waals surface area contributed by atoms with Crippen molar-refractivity contribution in [1.29, 1.82) is 0 Å². The largest absolute Gasteiger partial charge is 0.507 e. The van der Waals surface area contributed by atoms with E-state index in [1.54, 1.807) is 55.1 Å². The summed E-state index contributed by atoms with van der Waals surface area (Å²) in [6, 6.07) is 10.2. The Morgan fingerprint density at radius 2 is 2.03 bits per heavy atom. The Balaban J connectivity index is 1.54. The highest BCUT2D eigenvalue weighted by Gasteiger charge is 2.46. The Kier molecular flexibility index (Phi) is 5.65. The maximum Gasteiger partial charge on any atom is 0.295 e. The van der Waals surface area contributed by atoms with Crippen LogP contribution < -0.4 is 4.74 Å². The highest BCUT2D eigenvalue weighted by atomic mass is 19.1. The van der Waals surface area contributed by atoms with Crippen molar-refractivity contribution in [3.05, 3.63) is 89.3 Å². The zero-order chi connectivity index (χ0) is 23.8. The number of halogens is 1. The van der Waals surface area contributed by atoms with Gasteiger partial charge in [0.25, 0.3) is 11.7 Å². The number of rotatable bonds is 6. The minimum atomic E-state index is -1.02. The van der Waals surface area contributed by atoms with E-state index >= 15 is 0 Å². The minimum absolute atomic E-state index is 0.0203. The summed E-state index contributed by atoms with van der Waals surface area (Å²) in [7, 11) is 0. The van der Waals surface area contributed by atoms with Gasteiger partial charge in [0.15, 0.2) is 0 Å². The van der Waals surface area contributed by atoms with Gasteiger partial charge in [-0.25, -0.2) is 9.37 Å². The highest BCUT2D eigenvalue weighted by Crippen LogP contribution is 2.41. The predicted octanol–water partition coefficient (Wildman–Crippen LogP) is 3.86. The second-order valence-corrected chi connectivity index (χ2v) is 8.62. The quantitative estimate of drug-likeness (QED) is 0.342. The number of imidazole rings is 1. The van der Waals surface area contributed by atoms with Crippen LogP contribution in [0.15, 0.2) is 66.8 Å². The Morgan fingerprint density at radius 1 is 1.21 bits per heavy atom. The number of ketones is 1. The van der Waals surface area contributed by atoms with E-state index < -0.39 is 23.5 Å². The fourth-order valence-electron chi connectivity index (χ4n) is 4.70. The van der Waals surface area contributed by atoms with Crippen molar-refractivity contribution < 1.29 is 23.8 Å². The second-order valence-electron chi connectivity index (χ2n) is 8.62. The molecule has 3 heterocycles. The molecule has 0 radical (unpaired) electrons. The number of carbonyl (C=O) groups excluding carboxylic acids is 2. The maximum absolute atomic E-state index is 14.9. The number of hydrogen-bond acceptors (Lipinski definition) is 5. The van der Waals surface area contributed by atoms with E-state index in [2.05, 4.69) is 4.98 Å². The number of aliphatic hydroxyl groups excluding tert-OH is 1. The summed E-state index contributed by atoms with van der Waals surface area (Å²) in [5.74, 6) is -1.70. The summed E-state index contributed by atoms with van der Waals surface area (Å²) in [4.78, 5) is 31.5. The van der Waals surface area contributed by atoms with Crippen molar-refractivity contribution in [2.75, 3.05) is 6.54 Å². The van der Waals surface area contributed by atoms with Crippen LogP contribution in [0.1, 0.15) is 36.1 Å². The summed E-state index contributed by atoms with van der Waals surface area (Å²) in [5.41, 5.74) is 1.37. The van der Waals surface area contributed by atoms with Gasteiger partial charge in [-0.15, -0.1) is 0 Å². The second kappa shape index (κ2) is 8.78. The first kappa shape index (κ1) is 21.9. The van der Waals surface area contributed by atoms with Crippen molar-refractivity contribution in [3.63, 3.8) is 0 Å². The lowest BCUT2D eigenvalue weighted by molar-refractivity contribution is -0.140. The summed E-state index contributed by atoms with van der Waals surface area (Å²) in [5, 5.41) is 11.2. The molecule has 1 amide bonds. The molecule has 2 aromatic carbocycles. The number of amides is 1. The van der Waals surface area contributed by atoms with Crippen LogP contribution in [0.3, 0.4) is 0 Å². The smallest absolute Gasteiger partial charge is 0.295 e. The van der Waals surface area contributed by atoms with E-state index in [0.717, 1.165) is 11.3 Å².